The van der Waals surface area contributed by atoms with Gasteiger partial charge in [0.15, 0.2) is 0 Å². The molecule has 0 radical (unpaired) electrons. The van der Waals surface area contributed by atoms with Gasteiger partial charge in [0.1, 0.15) is 5.76 Å². The minimum atomic E-state index is -0.0219. The van der Waals surface area contributed by atoms with E-state index in [1.807, 2.05) is 17.9 Å². The molecular weight excluding hydrogens is 322 g/mol. The van der Waals surface area contributed by atoms with Crippen molar-refractivity contribution in [2.24, 2.45) is 5.92 Å². The van der Waals surface area contributed by atoms with Crippen molar-refractivity contribution in [2.45, 2.75) is 51.5 Å². The van der Waals surface area contributed by atoms with Crippen LogP contribution in [0.5, 0.6) is 0 Å². The SMILES string of the molecule is Cc1cc(C[C@@H]2COC[C@@H]2NC(=O)CCN2CCCCCC2=O)on1. The van der Waals surface area contributed by atoms with E-state index in [4.69, 9.17) is 9.26 Å². The zero-order chi connectivity index (χ0) is 17.6. The predicted molar refractivity (Wildman–Crippen MR) is 90.8 cm³/mol. The molecule has 3 rings (SSSR count). The highest BCUT2D eigenvalue weighted by Crippen LogP contribution is 2.20. The first-order valence-electron chi connectivity index (χ1n) is 9.19. The Hall–Kier alpha value is -1.89. The summed E-state index contributed by atoms with van der Waals surface area (Å²) < 4.78 is 10.8. The van der Waals surface area contributed by atoms with Gasteiger partial charge < -0.3 is 19.5 Å². The van der Waals surface area contributed by atoms with Crippen LogP contribution in [0, 0.1) is 12.8 Å². The van der Waals surface area contributed by atoms with Gasteiger partial charge in [0.25, 0.3) is 0 Å². The Morgan fingerprint density at radius 3 is 3.04 bits per heavy atom. The van der Waals surface area contributed by atoms with Gasteiger partial charge in [0.05, 0.1) is 24.9 Å². The van der Waals surface area contributed by atoms with Gasteiger partial charge in [0.2, 0.25) is 11.8 Å². The lowest BCUT2D eigenvalue weighted by Crippen LogP contribution is -2.42. The predicted octanol–water partition coefficient (Wildman–Crippen LogP) is 1.45. The van der Waals surface area contributed by atoms with Crippen LogP contribution in [0.4, 0.5) is 0 Å². The summed E-state index contributed by atoms with van der Waals surface area (Å²) in [5, 5.41) is 6.96. The number of rotatable bonds is 6. The van der Waals surface area contributed by atoms with Gasteiger partial charge in [-0.05, 0) is 19.8 Å². The summed E-state index contributed by atoms with van der Waals surface area (Å²) in [6, 6.07) is 1.90. The lowest BCUT2D eigenvalue weighted by atomic mass is 9.98. The number of carbonyl (C=O) groups excluding carboxylic acids is 2. The van der Waals surface area contributed by atoms with Gasteiger partial charge in [0, 0.05) is 44.3 Å². The van der Waals surface area contributed by atoms with Crippen molar-refractivity contribution in [3.8, 4) is 0 Å². The minimum absolute atomic E-state index is 0.0160. The highest BCUT2D eigenvalue weighted by Gasteiger charge is 2.31. The highest BCUT2D eigenvalue weighted by atomic mass is 16.5. The van der Waals surface area contributed by atoms with Crippen molar-refractivity contribution in [1.29, 1.82) is 0 Å². The summed E-state index contributed by atoms with van der Waals surface area (Å²) in [6.45, 7) is 4.29. The van der Waals surface area contributed by atoms with E-state index < -0.39 is 0 Å². The van der Waals surface area contributed by atoms with E-state index in [9.17, 15) is 9.59 Å². The van der Waals surface area contributed by atoms with Gasteiger partial charge in [-0.2, -0.15) is 0 Å². The maximum Gasteiger partial charge on any atom is 0.222 e. The molecule has 0 aliphatic carbocycles. The first kappa shape index (κ1) is 17.9. The number of amides is 2. The molecule has 1 N–H and O–H groups in total. The fourth-order valence-electron chi connectivity index (χ4n) is 3.52. The van der Waals surface area contributed by atoms with E-state index in [1.54, 1.807) is 0 Å². The van der Waals surface area contributed by atoms with Crippen LogP contribution >= 0.6 is 0 Å². The lowest BCUT2D eigenvalue weighted by Gasteiger charge is -2.22. The number of ether oxygens (including phenoxy) is 1. The third kappa shape index (κ3) is 5.04. The maximum atomic E-state index is 12.3. The number of hydrogen-bond acceptors (Lipinski definition) is 5. The smallest absolute Gasteiger partial charge is 0.222 e. The fraction of sp³-hybridized carbons (Fsp3) is 0.722. The molecular formula is C18H27N3O4. The molecule has 0 unspecified atom stereocenters. The van der Waals surface area contributed by atoms with Gasteiger partial charge in [-0.1, -0.05) is 11.6 Å². The van der Waals surface area contributed by atoms with E-state index in [1.165, 1.54) is 0 Å². The van der Waals surface area contributed by atoms with Crippen molar-refractivity contribution >= 4 is 11.8 Å². The molecule has 2 fully saturated rings. The first-order valence-corrected chi connectivity index (χ1v) is 9.19. The quantitative estimate of drug-likeness (QED) is 0.840. The van der Waals surface area contributed by atoms with Crippen LogP contribution in [-0.4, -0.2) is 54.2 Å². The van der Waals surface area contributed by atoms with Gasteiger partial charge in [-0.25, -0.2) is 0 Å². The van der Waals surface area contributed by atoms with E-state index in [0.717, 1.165) is 37.3 Å². The molecule has 0 bridgehead atoms. The van der Waals surface area contributed by atoms with E-state index >= 15 is 0 Å². The third-order valence-electron chi connectivity index (χ3n) is 4.97. The second-order valence-corrected chi connectivity index (χ2v) is 7.05. The largest absolute Gasteiger partial charge is 0.379 e. The maximum absolute atomic E-state index is 12.3. The number of aryl methyl sites for hydroxylation is 1. The number of nitrogens with zero attached hydrogens (tertiary/aromatic N) is 2. The van der Waals surface area contributed by atoms with Gasteiger partial charge >= 0.3 is 0 Å². The molecule has 2 atom stereocenters. The van der Waals surface area contributed by atoms with Crippen molar-refractivity contribution < 1.29 is 18.8 Å². The minimum Gasteiger partial charge on any atom is -0.379 e. The Morgan fingerprint density at radius 2 is 2.24 bits per heavy atom. The molecule has 3 heterocycles. The van der Waals surface area contributed by atoms with Crippen molar-refractivity contribution in [2.75, 3.05) is 26.3 Å². The van der Waals surface area contributed by atoms with Crippen LogP contribution < -0.4 is 5.32 Å². The summed E-state index contributed by atoms with van der Waals surface area (Å²) in [6.07, 6.45) is 4.74. The number of aromatic nitrogens is 1. The number of likely N-dealkylation sites (tertiary alicyclic amines) is 1. The Morgan fingerprint density at radius 1 is 1.36 bits per heavy atom. The third-order valence-corrected chi connectivity index (χ3v) is 4.97. The Kier molecular flexibility index (Phi) is 6.07. The fourth-order valence-corrected chi connectivity index (χ4v) is 3.52. The van der Waals surface area contributed by atoms with Crippen molar-refractivity contribution in [3.63, 3.8) is 0 Å². The summed E-state index contributed by atoms with van der Waals surface area (Å²) in [5.74, 6) is 1.16. The Balaban J connectivity index is 1.45. The molecule has 25 heavy (non-hydrogen) atoms. The summed E-state index contributed by atoms with van der Waals surface area (Å²) >= 11 is 0. The molecule has 1 aromatic rings. The second-order valence-electron chi connectivity index (χ2n) is 7.05. The molecule has 138 valence electrons. The summed E-state index contributed by atoms with van der Waals surface area (Å²) in [4.78, 5) is 26.1. The van der Waals surface area contributed by atoms with E-state index in [0.29, 0.717) is 39.0 Å². The first-order chi connectivity index (χ1) is 12.1. The monoisotopic (exact) mass is 349 g/mol. The van der Waals surface area contributed by atoms with Gasteiger partial charge in [-0.15, -0.1) is 0 Å². The van der Waals surface area contributed by atoms with Crippen LogP contribution in [0.25, 0.3) is 0 Å². The van der Waals surface area contributed by atoms with Crippen molar-refractivity contribution in [3.05, 3.63) is 17.5 Å². The molecule has 2 saturated heterocycles. The molecule has 7 nitrogen and oxygen atoms in total. The van der Waals surface area contributed by atoms with E-state index in [2.05, 4.69) is 10.5 Å². The Bertz CT molecular complexity index is 601. The molecule has 1 aromatic heterocycles. The topological polar surface area (TPSA) is 84.7 Å². The van der Waals surface area contributed by atoms with E-state index in [-0.39, 0.29) is 23.8 Å². The van der Waals surface area contributed by atoms with Crippen LogP contribution in [-0.2, 0) is 20.7 Å². The number of nitrogens with one attached hydrogen (secondary N) is 1. The average molecular weight is 349 g/mol. The van der Waals surface area contributed by atoms with Crippen molar-refractivity contribution in [1.82, 2.24) is 15.4 Å². The highest BCUT2D eigenvalue weighted by molar-refractivity contribution is 5.79. The Labute approximate surface area is 148 Å². The molecule has 0 saturated carbocycles. The molecule has 7 heteroatoms. The molecule has 0 aromatic carbocycles. The summed E-state index contributed by atoms with van der Waals surface area (Å²) in [7, 11) is 0. The molecule has 0 spiro atoms. The summed E-state index contributed by atoms with van der Waals surface area (Å²) in [5.41, 5.74) is 0.858. The second kappa shape index (κ2) is 8.47. The van der Waals surface area contributed by atoms with Crippen LogP contribution in [0.3, 0.4) is 0 Å². The van der Waals surface area contributed by atoms with Crippen LogP contribution in [0.2, 0.25) is 0 Å². The zero-order valence-corrected chi connectivity index (χ0v) is 14.8. The number of hydrogen-bond donors (Lipinski definition) is 1. The standard InChI is InChI=1S/C18H27N3O4/c1-13-9-15(25-20-13)10-14-11-24-12-16(14)19-17(22)6-8-21-7-4-2-3-5-18(21)23/h9,14,16H,2-8,10-12H2,1H3,(H,19,22)/t14-,16+/m1/s1. The normalized spacial score (nSPS) is 24.4. The van der Waals surface area contributed by atoms with Crippen LogP contribution in [0.1, 0.15) is 43.6 Å². The molecule has 2 aliphatic rings. The van der Waals surface area contributed by atoms with Gasteiger partial charge in [-0.3, -0.25) is 9.59 Å². The molecule has 2 amide bonds. The zero-order valence-electron chi connectivity index (χ0n) is 14.8. The van der Waals surface area contributed by atoms with Crippen LogP contribution in [0.15, 0.2) is 10.6 Å². The lowest BCUT2D eigenvalue weighted by molar-refractivity contribution is -0.131. The average Bonchev–Trinajstić information content (AvgIpc) is 3.13. The molecule has 2 aliphatic heterocycles. The number of carbonyl (C=O) groups is 2.